The first-order valence-electron chi connectivity index (χ1n) is 6.45. The Morgan fingerprint density at radius 2 is 2.35 bits per heavy atom. The molecule has 1 aromatic rings. The first-order chi connectivity index (χ1) is 9.51. The maximum atomic E-state index is 12.1. The first kappa shape index (κ1) is 14.6. The van der Waals surface area contributed by atoms with Crippen LogP contribution < -0.4 is 5.32 Å². The number of urea groups is 1. The zero-order chi connectivity index (χ0) is 14.7. The fourth-order valence-corrected chi connectivity index (χ4v) is 2.34. The quantitative estimate of drug-likeness (QED) is 0.835. The number of aliphatic hydroxyl groups is 1. The van der Waals surface area contributed by atoms with Crippen molar-refractivity contribution in [3.8, 4) is 6.07 Å². The van der Waals surface area contributed by atoms with E-state index in [1.54, 1.807) is 23.1 Å². The van der Waals surface area contributed by atoms with Crippen LogP contribution in [0.15, 0.2) is 18.2 Å². The van der Waals surface area contributed by atoms with Gasteiger partial charge in [0.05, 0.1) is 16.7 Å². The van der Waals surface area contributed by atoms with E-state index in [0.717, 1.165) is 6.42 Å². The van der Waals surface area contributed by atoms with Crippen molar-refractivity contribution in [2.75, 3.05) is 18.4 Å². The second-order valence-corrected chi connectivity index (χ2v) is 5.42. The Balaban J connectivity index is 2.01. The standard InChI is InChI=1S/C14H16ClN3O2/c1-9-4-5-18(8-13(9)19)14(20)17-11-3-2-10(7-16)12(15)6-11/h2-3,6,9,13,19H,4-5,8H2,1H3,(H,17,20). The van der Waals surface area contributed by atoms with Crippen LogP contribution in [-0.4, -0.2) is 35.2 Å². The normalized spacial score (nSPS) is 22.2. The minimum atomic E-state index is -0.487. The molecule has 0 aromatic heterocycles. The van der Waals surface area contributed by atoms with E-state index in [1.165, 1.54) is 0 Å². The van der Waals surface area contributed by atoms with Gasteiger partial charge >= 0.3 is 6.03 Å². The van der Waals surface area contributed by atoms with Crippen molar-refractivity contribution >= 4 is 23.3 Å². The van der Waals surface area contributed by atoms with E-state index in [1.807, 2.05) is 13.0 Å². The highest BCUT2D eigenvalue weighted by atomic mass is 35.5. The lowest BCUT2D eigenvalue weighted by Gasteiger charge is -2.34. The lowest BCUT2D eigenvalue weighted by Crippen LogP contribution is -2.47. The molecule has 1 aliphatic heterocycles. The number of carbonyl (C=O) groups is 1. The van der Waals surface area contributed by atoms with E-state index < -0.39 is 6.10 Å². The SMILES string of the molecule is CC1CCN(C(=O)Nc2ccc(C#N)c(Cl)c2)CC1O. The molecule has 106 valence electrons. The van der Waals surface area contributed by atoms with E-state index in [-0.39, 0.29) is 11.9 Å². The van der Waals surface area contributed by atoms with Gasteiger partial charge in [-0.1, -0.05) is 18.5 Å². The molecule has 2 unspecified atom stereocenters. The monoisotopic (exact) mass is 293 g/mol. The number of benzene rings is 1. The zero-order valence-corrected chi connectivity index (χ0v) is 11.9. The maximum absolute atomic E-state index is 12.1. The van der Waals surface area contributed by atoms with Crippen LogP contribution in [0.3, 0.4) is 0 Å². The van der Waals surface area contributed by atoms with E-state index in [2.05, 4.69) is 5.32 Å². The van der Waals surface area contributed by atoms with Crippen molar-refractivity contribution < 1.29 is 9.90 Å². The second-order valence-electron chi connectivity index (χ2n) is 5.02. The fraction of sp³-hybridized carbons (Fsp3) is 0.429. The average Bonchev–Trinajstić information content (AvgIpc) is 2.42. The van der Waals surface area contributed by atoms with Crippen LogP contribution in [-0.2, 0) is 0 Å². The number of piperidine rings is 1. The summed E-state index contributed by atoms with van der Waals surface area (Å²) in [4.78, 5) is 13.7. The minimum absolute atomic E-state index is 0.211. The Bertz CT molecular complexity index is 556. The number of hydrogen-bond donors (Lipinski definition) is 2. The Morgan fingerprint density at radius 1 is 1.60 bits per heavy atom. The number of likely N-dealkylation sites (tertiary alicyclic amines) is 1. The van der Waals surface area contributed by atoms with Crippen molar-refractivity contribution in [2.45, 2.75) is 19.4 Å². The number of nitrogens with one attached hydrogen (secondary N) is 1. The van der Waals surface area contributed by atoms with Crippen LogP contribution in [0.25, 0.3) is 0 Å². The second kappa shape index (κ2) is 6.12. The number of halogens is 1. The molecule has 1 aromatic carbocycles. The number of nitrogens with zero attached hydrogens (tertiary/aromatic N) is 2. The van der Waals surface area contributed by atoms with Crippen molar-refractivity contribution in [1.29, 1.82) is 5.26 Å². The number of β-amino-alcohol motifs (C(OH)–C–C–N with tert-alkyl or cyclic N) is 1. The molecule has 0 saturated carbocycles. The Hall–Kier alpha value is -1.77. The van der Waals surface area contributed by atoms with Crippen molar-refractivity contribution in [2.24, 2.45) is 5.92 Å². The largest absolute Gasteiger partial charge is 0.391 e. The molecule has 2 atom stereocenters. The molecule has 1 saturated heterocycles. The van der Waals surface area contributed by atoms with Crippen LogP contribution in [0, 0.1) is 17.2 Å². The molecular weight excluding hydrogens is 278 g/mol. The van der Waals surface area contributed by atoms with Crippen LogP contribution in [0.2, 0.25) is 5.02 Å². The van der Waals surface area contributed by atoms with E-state index >= 15 is 0 Å². The van der Waals surface area contributed by atoms with Crippen LogP contribution in [0.1, 0.15) is 18.9 Å². The van der Waals surface area contributed by atoms with Gasteiger partial charge in [0, 0.05) is 18.8 Å². The summed E-state index contributed by atoms with van der Waals surface area (Å²) < 4.78 is 0. The number of anilines is 1. The van der Waals surface area contributed by atoms with Crippen LogP contribution in [0.5, 0.6) is 0 Å². The topological polar surface area (TPSA) is 76.4 Å². The highest BCUT2D eigenvalue weighted by Gasteiger charge is 2.27. The molecule has 0 aliphatic carbocycles. The zero-order valence-electron chi connectivity index (χ0n) is 11.1. The van der Waals surface area contributed by atoms with Crippen LogP contribution >= 0.6 is 11.6 Å². The summed E-state index contributed by atoms with van der Waals surface area (Å²) in [7, 11) is 0. The molecule has 20 heavy (non-hydrogen) atoms. The lowest BCUT2D eigenvalue weighted by atomic mass is 9.96. The summed E-state index contributed by atoms with van der Waals surface area (Å²) >= 11 is 5.91. The third kappa shape index (κ3) is 3.21. The number of amides is 2. The van der Waals surface area contributed by atoms with E-state index in [9.17, 15) is 9.90 Å². The highest BCUT2D eigenvalue weighted by molar-refractivity contribution is 6.32. The smallest absolute Gasteiger partial charge is 0.321 e. The summed E-state index contributed by atoms with van der Waals surface area (Å²) in [6.07, 6.45) is 0.293. The summed E-state index contributed by atoms with van der Waals surface area (Å²) in [5.74, 6) is 0.211. The van der Waals surface area contributed by atoms with Gasteiger partial charge in [-0.25, -0.2) is 4.79 Å². The van der Waals surface area contributed by atoms with E-state index in [0.29, 0.717) is 29.4 Å². The summed E-state index contributed by atoms with van der Waals surface area (Å²) in [6.45, 7) is 2.92. The number of rotatable bonds is 1. The predicted octanol–water partition coefficient (Wildman–Crippen LogP) is 2.45. The molecule has 6 heteroatoms. The third-order valence-corrected chi connectivity index (χ3v) is 3.86. The van der Waals surface area contributed by atoms with Gasteiger partial charge in [-0.15, -0.1) is 0 Å². The molecule has 2 amide bonds. The van der Waals surface area contributed by atoms with Crippen molar-refractivity contribution in [3.05, 3.63) is 28.8 Å². The molecule has 2 N–H and O–H groups in total. The minimum Gasteiger partial charge on any atom is -0.391 e. The lowest BCUT2D eigenvalue weighted by molar-refractivity contribution is 0.0464. The average molecular weight is 294 g/mol. The Kier molecular flexibility index (Phi) is 4.48. The number of nitriles is 1. The van der Waals surface area contributed by atoms with Gasteiger partial charge in [0.25, 0.3) is 0 Å². The molecule has 0 bridgehead atoms. The van der Waals surface area contributed by atoms with Crippen molar-refractivity contribution in [1.82, 2.24) is 4.90 Å². The van der Waals surface area contributed by atoms with Gasteiger partial charge in [-0.2, -0.15) is 5.26 Å². The highest BCUT2D eigenvalue weighted by Crippen LogP contribution is 2.22. The maximum Gasteiger partial charge on any atom is 0.321 e. The fourth-order valence-electron chi connectivity index (χ4n) is 2.12. The molecule has 2 rings (SSSR count). The molecule has 1 fully saturated rings. The number of carbonyl (C=O) groups excluding carboxylic acids is 1. The number of hydrogen-bond acceptors (Lipinski definition) is 3. The molecular formula is C14H16ClN3O2. The van der Waals surface area contributed by atoms with Gasteiger partial charge in [0.1, 0.15) is 6.07 Å². The number of aliphatic hydroxyl groups excluding tert-OH is 1. The Labute approximate surface area is 122 Å². The molecule has 5 nitrogen and oxygen atoms in total. The van der Waals surface area contributed by atoms with Crippen molar-refractivity contribution in [3.63, 3.8) is 0 Å². The Morgan fingerprint density at radius 3 is 2.95 bits per heavy atom. The predicted molar refractivity (Wildman–Crippen MR) is 76.5 cm³/mol. The van der Waals surface area contributed by atoms with Gasteiger partial charge in [0.2, 0.25) is 0 Å². The van der Waals surface area contributed by atoms with Gasteiger partial charge < -0.3 is 15.3 Å². The molecule has 1 heterocycles. The van der Waals surface area contributed by atoms with Gasteiger partial charge in [0.15, 0.2) is 0 Å². The molecule has 0 radical (unpaired) electrons. The summed E-state index contributed by atoms with van der Waals surface area (Å²) in [5, 5.41) is 21.6. The first-order valence-corrected chi connectivity index (χ1v) is 6.82. The summed E-state index contributed by atoms with van der Waals surface area (Å²) in [6, 6.07) is 6.43. The molecule has 1 aliphatic rings. The third-order valence-electron chi connectivity index (χ3n) is 3.55. The van der Waals surface area contributed by atoms with Crippen LogP contribution in [0.4, 0.5) is 10.5 Å². The van der Waals surface area contributed by atoms with E-state index in [4.69, 9.17) is 16.9 Å². The van der Waals surface area contributed by atoms with Gasteiger partial charge in [-0.05, 0) is 30.5 Å². The molecule has 0 spiro atoms. The van der Waals surface area contributed by atoms with Gasteiger partial charge in [-0.3, -0.25) is 0 Å². The summed E-state index contributed by atoms with van der Waals surface area (Å²) in [5.41, 5.74) is 0.902.